The average Bonchev–Trinajstić information content (AvgIpc) is 2.44. The van der Waals surface area contributed by atoms with Crippen molar-refractivity contribution in [3.05, 3.63) is 11.2 Å². The summed E-state index contributed by atoms with van der Waals surface area (Å²) in [6, 6.07) is 0. The number of ether oxygens (including phenoxy) is 1. The molecule has 1 aromatic rings. The van der Waals surface area contributed by atoms with Crippen LogP contribution in [0.5, 0.6) is 0 Å². The van der Waals surface area contributed by atoms with Crippen LogP contribution in [0.1, 0.15) is 5.89 Å². The molecular weight excluding hydrogens is 225 g/mol. The maximum atomic E-state index is 11.6. The van der Waals surface area contributed by atoms with Crippen molar-refractivity contribution in [2.45, 2.75) is 12.6 Å². The number of nitrogens with zero attached hydrogens (tertiary/aromatic N) is 2. The van der Waals surface area contributed by atoms with Crippen LogP contribution in [0, 0.1) is 0 Å². The quantitative estimate of drug-likeness (QED) is 0.741. The molecule has 0 aliphatic rings. The molecule has 0 amide bonds. The third-order valence-corrected chi connectivity index (χ3v) is 1.32. The normalized spacial score (nSPS) is 12.0. The van der Waals surface area contributed by atoms with Gasteiger partial charge in [0.15, 0.2) is 0 Å². The van der Waals surface area contributed by atoms with Crippen molar-refractivity contribution in [1.29, 1.82) is 0 Å². The third-order valence-electron chi connectivity index (χ3n) is 1.17. The van der Waals surface area contributed by atoms with Gasteiger partial charge in [-0.05, 0) is 16.8 Å². The van der Waals surface area contributed by atoms with Gasteiger partial charge in [0.05, 0.1) is 13.0 Å². The first-order chi connectivity index (χ1) is 6.47. The van der Waals surface area contributed by atoms with E-state index in [-0.39, 0.29) is 24.2 Å². The van der Waals surface area contributed by atoms with E-state index in [1.807, 2.05) is 0 Å². The van der Waals surface area contributed by atoms with Gasteiger partial charge >= 0.3 is 6.18 Å². The van der Waals surface area contributed by atoms with Gasteiger partial charge in [-0.15, -0.1) is 0 Å². The van der Waals surface area contributed by atoms with Gasteiger partial charge in [-0.3, -0.25) is 0 Å². The Kier molecular flexibility index (Phi) is 3.70. The van der Waals surface area contributed by atoms with Gasteiger partial charge in [0, 0.05) is 0 Å². The largest absolute Gasteiger partial charge is 0.411 e. The highest BCUT2D eigenvalue weighted by Crippen LogP contribution is 2.14. The highest BCUT2D eigenvalue weighted by Gasteiger charge is 2.27. The van der Waals surface area contributed by atoms with E-state index in [0.717, 1.165) is 0 Å². The molecule has 80 valence electrons. The van der Waals surface area contributed by atoms with E-state index in [0.29, 0.717) is 0 Å². The Hall–Kier alpha value is -0.820. The van der Waals surface area contributed by atoms with Crippen LogP contribution in [0.4, 0.5) is 13.2 Å². The van der Waals surface area contributed by atoms with Crippen molar-refractivity contribution in [3.8, 4) is 0 Å². The van der Waals surface area contributed by atoms with E-state index in [9.17, 15) is 13.2 Å². The number of aromatic nitrogens is 2. The number of hydrogen-bond acceptors (Lipinski definition) is 4. The molecule has 0 saturated carbocycles. The van der Waals surface area contributed by atoms with E-state index >= 15 is 0 Å². The Bertz CT molecular complexity index is 289. The summed E-state index contributed by atoms with van der Waals surface area (Å²) >= 11 is 5.31. The van der Waals surface area contributed by atoms with E-state index in [2.05, 4.69) is 19.4 Å². The number of rotatable bonds is 4. The minimum absolute atomic E-state index is 0.0733. The van der Waals surface area contributed by atoms with E-state index in [1.165, 1.54) is 0 Å². The second-order valence-corrected chi connectivity index (χ2v) is 2.71. The topological polar surface area (TPSA) is 48.2 Å². The maximum absolute atomic E-state index is 11.6. The summed E-state index contributed by atoms with van der Waals surface area (Å²) < 4.78 is 43.6. The summed E-state index contributed by atoms with van der Waals surface area (Å²) in [7, 11) is 0. The third kappa shape index (κ3) is 4.43. The lowest BCUT2D eigenvalue weighted by Crippen LogP contribution is -2.17. The zero-order chi connectivity index (χ0) is 10.6. The molecule has 0 radical (unpaired) electrons. The number of hydrogen-bond donors (Lipinski definition) is 0. The minimum atomic E-state index is -4.31. The van der Waals surface area contributed by atoms with Gasteiger partial charge < -0.3 is 9.26 Å². The van der Waals surface area contributed by atoms with Crippen LogP contribution in [-0.2, 0) is 11.2 Å². The molecule has 0 atom stereocenters. The van der Waals surface area contributed by atoms with Crippen LogP contribution in [0.3, 0.4) is 0 Å². The first-order valence-corrected chi connectivity index (χ1v) is 3.98. The Balaban J connectivity index is 2.16. The van der Waals surface area contributed by atoms with Gasteiger partial charge in [0.2, 0.25) is 5.89 Å². The molecular formula is C6H6ClF3N2O2. The van der Waals surface area contributed by atoms with Crippen molar-refractivity contribution in [3.63, 3.8) is 0 Å². The number of halogens is 4. The minimum Gasteiger partial charge on any atom is -0.372 e. The van der Waals surface area contributed by atoms with E-state index in [1.54, 1.807) is 0 Å². The monoisotopic (exact) mass is 230 g/mol. The van der Waals surface area contributed by atoms with Gasteiger partial charge in [-0.1, -0.05) is 0 Å². The molecule has 0 fully saturated rings. The van der Waals surface area contributed by atoms with Crippen LogP contribution < -0.4 is 0 Å². The van der Waals surface area contributed by atoms with E-state index in [4.69, 9.17) is 11.6 Å². The highest BCUT2D eigenvalue weighted by molar-refractivity contribution is 6.28. The summed E-state index contributed by atoms with van der Waals surface area (Å²) in [5.74, 6) is 0.150. The number of alkyl halides is 3. The second-order valence-electron chi connectivity index (χ2n) is 2.37. The molecule has 8 heteroatoms. The lowest BCUT2D eigenvalue weighted by molar-refractivity contribution is -0.173. The molecule has 0 unspecified atom stereocenters. The van der Waals surface area contributed by atoms with Crippen molar-refractivity contribution in [1.82, 2.24) is 10.1 Å². The van der Waals surface area contributed by atoms with Crippen molar-refractivity contribution < 1.29 is 22.4 Å². The predicted octanol–water partition coefficient (Wildman–Crippen LogP) is 1.84. The zero-order valence-corrected chi connectivity index (χ0v) is 7.60. The fourth-order valence-electron chi connectivity index (χ4n) is 0.683. The molecule has 0 aromatic carbocycles. The first-order valence-electron chi connectivity index (χ1n) is 3.60. The Morgan fingerprint density at radius 3 is 2.64 bits per heavy atom. The molecule has 0 spiro atoms. The van der Waals surface area contributed by atoms with Crippen LogP contribution in [0.15, 0.2) is 4.52 Å². The lowest BCUT2D eigenvalue weighted by Gasteiger charge is -2.05. The lowest BCUT2D eigenvalue weighted by atomic mass is 10.4. The standard InChI is InChI=1S/C6H6ClF3N2O2/c7-5-11-4(14-12-5)1-2-13-3-6(8,9)10/h1-3H2. The fraction of sp³-hybridized carbons (Fsp3) is 0.667. The van der Waals surface area contributed by atoms with Gasteiger partial charge in [0.1, 0.15) is 6.61 Å². The molecule has 0 bridgehead atoms. The summed E-state index contributed by atoms with van der Waals surface area (Å²) in [4.78, 5) is 3.57. The molecule has 0 N–H and O–H groups in total. The van der Waals surface area contributed by atoms with Gasteiger partial charge in [-0.25, -0.2) is 0 Å². The van der Waals surface area contributed by atoms with Crippen molar-refractivity contribution in [2.24, 2.45) is 0 Å². The Morgan fingerprint density at radius 1 is 1.43 bits per heavy atom. The van der Waals surface area contributed by atoms with Crippen molar-refractivity contribution in [2.75, 3.05) is 13.2 Å². The fourth-order valence-corrected chi connectivity index (χ4v) is 0.812. The summed E-state index contributed by atoms with van der Waals surface area (Å²) in [6.45, 7) is -1.42. The molecule has 0 saturated heterocycles. The maximum Gasteiger partial charge on any atom is 0.411 e. The molecule has 1 rings (SSSR count). The molecule has 0 aliphatic heterocycles. The van der Waals surface area contributed by atoms with Crippen LogP contribution in [0.2, 0.25) is 5.28 Å². The van der Waals surface area contributed by atoms with Crippen molar-refractivity contribution >= 4 is 11.6 Å². The summed E-state index contributed by atoms with van der Waals surface area (Å²) in [5.41, 5.74) is 0. The van der Waals surface area contributed by atoms with E-state index < -0.39 is 12.8 Å². The SMILES string of the molecule is FC(F)(F)COCCc1nc(Cl)no1. The van der Waals surface area contributed by atoms with Gasteiger partial charge in [-0.2, -0.15) is 18.2 Å². The Morgan fingerprint density at radius 2 is 2.14 bits per heavy atom. The highest BCUT2D eigenvalue weighted by atomic mass is 35.5. The average molecular weight is 231 g/mol. The molecule has 14 heavy (non-hydrogen) atoms. The second kappa shape index (κ2) is 4.61. The Labute approximate surface area is 82.0 Å². The molecule has 1 heterocycles. The summed E-state index contributed by atoms with van der Waals surface area (Å²) in [5, 5.41) is 3.17. The summed E-state index contributed by atoms with van der Waals surface area (Å²) in [6.07, 6.45) is -4.21. The van der Waals surface area contributed by atoms with Crippen LogP contribution >= 0.6 is 11.6 Å². The van der Waals surface area contributed by atoms with Gasteiger partial charge in [0.25, 0.3) is 5.28 Å². The molecule has 0 aliphatic carbocycles. The smallest absolute Gasteiger partial charge is 0.372 e. The zero-order valence-electron chi connectivity index (χ0n) is 6.84. The molecule has 1 aromatic heterocycles. The predicted molar refractivity (Wildman–Crippen MR) is 39.9 cm³/mol. The van der Waals surface area contributed by atoms with Crippen LogP contribution in [-0.4, -0.2) is 29.5 Å². The molecule has 4 nitrogen and oxygen atoms in total. The first kappa shape index (κ1) is 11.3. The van der Waals surface area contributed by atoms with Crippen LogP contribution in [0.25, 0.3) is 0 Å².